The number of imide groups is 1. The average Bonchev–Trinajstić information content (AvgIpc) is 2.86. The number of aromatic carboxylic acids is 1. The second kappa shape index (κ2) is 6.59. The molecule has 2 amide bonds. The number of nitrogens with zero attached hydrogens (tertiary/aromatic N) is 1. The minimum absolute atomic E-state index is 0.0480. The lowest BCUT2D eigenvalue weighted by atomic mass is 9.95. The Kier molecular flexibility index (Phi) is 4.47. The molecule has 0 aliphatic carbocycles. The SMILES string of the molecule is C=CCc1cccc(C(C)C)c1N1C(=O)c2cccc(C(=O)O)c2C1=O. The van der Waals surface area contributed by atoms with Crippen LogP contribution in [0.3, 0.4) is 0 Å². The van der Waals surface area contributed by atoms with Gasteiger partial charge in [-0.25, -0.2) is 9.69 Å². The van der Waals surface area contributed by atoms with Gasteiger partial charge >= 0.3 is 5.97 Å². The average molecular weight is 349 g/mol. The van der Waals surface area contributed by atoms with Crippen LogP contribution in [0.25, 0.3) is 0 Å². The van der Waals surface area contributed by atoms with Crippen LogP contribution < -0.4 is 4.90 Å². The Hall–Kier alpha value is -3.21. The third-order valence-electron chi connectivity index (χ3n) is 4.51. The van der Waals surface area contributed by atoms with Crippen LogP contribution in [-0.4, -0.2) is 22.9 Å². The number of rotatable bonds is 5. The standard InChI is InChI=1S/C21H19NO4/c1-4-7-13-8-5-9-14(12(2)3)18(13)22-19(23)15-10-6-11-16(21(25)26)17(15)20(22)24/h4-6,8-12H,1,7H2,2-3H3,(H,25,26). The largest absolute Gasteiger partial charge is 0.478 e. The monoisotopic (exact) mass is 349 g/mol. The smallest absolute Gasteiger partial charge is 0.336 e. The number of allylic oxidation sites excluding steroid dienone is 1. The highest BCUT2D eigenvalue weighted by Gasteiger charge is 2.41. The topological polar surface area (TPSA) is 74.7 Å². The van der Waals surface area contributed by atoms with Gasteiger partial charge in [0.05, 0.1) is 22.4 Å². The van der Waals surface area contributed by atoms with E-state index in [1.54, 1.807) is 6.08 Å². The van der Waals surface area contributed by atoms with Gasteiger partial charge in [-0.05, 0) is 35.6 Å². The second-order valence-electron chi connectivity index (χ2n) is 6.48. The molecule has 1 heterocycles. The fourth-order valence-electron chi connectivity index (χ4n) is 3.34. The molecule has 132 valence electrons. The first-order valence-electron chi connectivity index (χ1n) is 8.36. The summed E-state index contributed by atoms with van der Waals surface area (Å²) in [6.45, 7) is 7.71. The molecule has 0 spiro atoms. The van der Waals surface area contributed by atoms with Crippen LogP contribution in [0.4, 0.5) is 5.69 Å². The third-order valence-corrected chi connectivity index (χ3v) is 4.51. The zero-order valence-electron chi connectivity index (χ0n) is 14.7. The Morgan fingerprint density at radius 1 is 1.15 bits per heavy atom. The van der Waals surface area contributed by atoms with Crippen molar-refractivity contribution in [1.29, 1.82) is 0 Å². The molecular formula is C21H19NO4. The number of carboxylic acid groups (broad SMARTS) is 1. The fourth-order valence-corrected chi connectivity index (χ4v) is 3.34. The predicted octanol–water partition coefficient (Wildman–Crippen LogP) is 4.04. The first-order chi connectivity index (χ1) is 12.4. The summed E-state index contributed by atoms with van der Waals surface area (Å²) < 4.78 is 0. The van der Waals surface area contributed by atoms with E-state index in [9.17, 15) is 19.5 Å². The maximum atomic E-state index is 13.1. The number of carboxylic acids is 1. The summed E-state index contributed by atoms with van der Waals surface area (Å²) >= 11 is 0. The molecule has 0 bridgehead atoms. The minimum Gasteiger partial charge on any atom is -0.478 e. The van der Waals surface area contributed by atoms with Crippen molar-refractivity contribution in [3.8, 4) is 0 Å². The van der Waals surface area contributed by atoms with E-state index in [0.717, 1.165) is 16.0 Å². The number of hydrogen-bond acceptors (Lipinski definition) is 3. The first-order valence-corrected chi connectivity index (χ1v) is 8.36. The van der Waals surface area contributed by atoms with Gasteiger partial charge in [0.1, 0.15) is 0 Å². The predicted molar refractivity (Wildman–Crippen MR) is 99.0 cm³/mol. The molecule has 26 heavy (non-hydrogen) atoms. The normalized spacial score (nSPS) is 13.3. The zero-order valence-corrected chi connectivity index (χ0v) is 14.7. The quantitative estimate of drug-likeness (QED) is 0.653. The summed E-state index contributed by atoms with van der Waals surface area (Å²) in [4.78, 5) is 38.7. The lowest BCUT2D eigenvalue weighted by molar-refractivity contribution is 0.0692. The lowest BCUT2D eigenvalue weighted by Gasteiger charge is -2.23. The van der Waals surface area contributed by atoms with Gasteiger partial charge in [-0.15, -0.1) is 6.58 Å². The van der Waals surface area contributed by atoms with Gasteiger partial charge in [-0.3, -0.25) is 9.59 Å². The highest BCUT2D eigenvalue weighted by Crippen LogP contribution is 2.37. The summed E-state index contributed by atoms with van der Waals surface area (Å²) in [6, 6.07) is 9.94. The van der Waals surface area contributed by atoms with Crippen LogP contribution in [0.2, 0.25) is 0 Å². The Morgan fingerprint density at radius 3 is 2.46 bits per heavy atom. The molecule has 0 fully saturated rings. The number of fused-ring (bicyclic) bond motifs is 1. The Morgan fingerprint density at radius 2 is 1.85 bits per heavy atom. The maximum absolute atomic E-state index is 13.1. The molecule has 0 aromatic heterocycles. The summed E-state index contributed by atoms with van der Waals surface area (Å²) in [7, 11) is 0. The first kappa shape index (κ1) is 17.6. The molecule has 3 rings (SSSR count). The third kappa shape index (κ3) is 2.62. The summed E-state index contributed by atoms with van der Waals surface area (Å²) in [5.41, 5.74) is 2.11. The zero-order chi connectivity index (χ0) is 19.0. The summed E-state index contributed by atoms with van der Waals surface area (Å²) in [5, 5.41) is 9.40. The van der Waals surface area contributed by atoms with E-state index >= 15 is 0 Å². The second-order valence-corrected chi connectivity index (χ2v) is 6.48. The van der Waals surface area contributed by atoms with E-state index in [1.807, 2.05) is 32.0 Å². The number of carbonyl (C=O) groups is 3. The van der Waals surface area contributed by atoms with Gasteiger partial charge in [0, 0.05) is 0 Å². The molecule has 5 heteroatoms. The van der Waals surface area contributed by atoms with Crippen molar-refractivity contribution in [3.05, 3.63) is 76.9 Å². The Balaban J connectivity index is 2.25. The van der Waals surface area contributed by atoms with Crippen LogP contribution in [0.1, 0.15) is 62.0 Å². The van der Waals surface area contributed by atoms with Crippen LogP contribution >= 0.6 is 0 Å². The number of carbonyl (C=O) groups excluding carboxylic acids is 2. The van der Waals surface area contributed by atoms with E-state index in [2.05, 4.69) is 6.58 Å². The van der Waals surface area contributed by atoms with Crippen molar-refractivity contribution in [1.82, 2.24) is 0 Å². The van der Waals surface area contributed by atoms with Gasteiger partial charge < -0.3 is 5.11 Å². The van der Waals surface area contributed by atoms with Crippen LogP contribution in [0, 0.1) is 0 Å². The molecule has 1 aliphatic rings. The van der Waals surface area contributed by atoms with Crippen molar-refractivity contribution in [2.24, 2.45) is 0 Å². The molecule has 2 aromatic rings. The summed E-state index contributed by atoms with van der Waals surface area (Å²) in [6.07, 6.45) is 2.21. The van der Waals surface area contributed by atoms with Crippen molar-refractivity contribution in [3.63, 3.8) is 0 Å². The van der Waals surface area contributed by atoms with E-state index in [1.165, 1.54) is 18.2 Å². The molecule has 5 nitrogen and oxygen atoms in total. The molecule has 0 radical (unpaired) electrons. The van der Waals surface area contributed by atoms with Crippen molar-refractivity contribution >= 4 is 23.5 Å². The van der Waals surface area contributed by atoms with E-state index in [0.29, 0.717) is 12.1 Å². The van der Waals surface area contributed by atoms with Gasteiger partial charge in [0.2, 0.25) is 0 Å². The Labute approximate surface area is 151 Å². The van der Waals surface area contributed by atoms with E-state index < -0.39 is 17.8 Å². The lowest BCUT2D eigenvalue weighted by Crippen LogP contribution is -2.32. The van der Waals surface area contributed by atoms with Gasteiger partial charge in [0.15, 0.2) is 0 Å². The maximum Gasteiger partial charge on any atom is 0.336 e. The van der Waals surface area contributed by atoms with E-state index in [-0.39, 0.29) is 22.6 Å². The number of hydrogen-bond donors (Lipinski definition) is 1. The van der Waals surface area contributed by atoms with Crippen molar-refractivity contribution < 1.29 is 19.5 Å². The highest BCUT2D eigenvalue weighted by atomic mass is 16.4. The van der Waals surface area contributed by atoms with Gasteiger partial charge in [-0.2, -0.15) is 0 Å². The molecule has 1 N–H and O–H groups in total. The van der Waals surface area contributed by atoms with Gasteiger partial charge in [-0.1, -0.05) is 44.2 Å². The number of amides is 2. The molecule has 2 aromatic carbocycles. The molecule has 0 atom stereocenters. The molecule has 1 aliphatic heterocycles. The van der Waals surface area contributed by atoms with Crippen molar-refractivity contribution in [2.45, 2.75) is 26.2 Å². The number of para-hydroxylation sites is 1. The highest BCUT2D eigenvalue weighted by molar-refractivity contribution is 6.36. The molecule has 0 saturated carbocycles. The number of benzene rings is 2. The van der Waals surface area contributed by atoms with Gasteiger partial charge in [0.25, 0.3) is 11.8 Å². The van der Waals surface area contributed by atoms with E-state index in [4.69, 9.17) is 0 Å². The van der Waals surface area contributed by atoms with Crippen molar-refractivity contribution in [2.75, 3.05) is 4.90 Å². The fraction of sp³-hybridized carbons (Fsp3) is 0.190. The van der Waals surface area contributed by atoms with Crippen LogP contribution in [0.5, 0.6) is 0 Å². The van der Waals surface area contributed by atoms with Crippen LogP contribution in [0.15, 0.2) is 49.1 Å². The minimum atomic E-state index is -1.23. The molecule has 0 unspecified atom stereocenters. The Bertz CT molecular complexity index is 943. The van der Waals surface area contributed by atoms with Crippen LogP contribution in [-0.2, 0) is 6.42 Å². The number of anilines is 1. The molecule has 0 saturated heterocycles. The molecular weight excluding hydrogens is 330 g/mol. The summed E-state index contributed by atoms with van der Waals surface area (Å²) in [5.74, 6) is -2.24.